The molecule has 1 aromatic rings. The van der Waals surface area contributed by atoms with E-state index in [9.17, 15) is 4.79 Å². The molecule has 5 nitrogen and oxygen atoms in total. The fourth-order valence-corrected chi connectivity index (χ4v) is 1.52. The van der Waals surface area contributed by atoms with Crippen molar-refractivity contribution in [1.29, 1.82) is 0 Å². The third kappa shape index (κ3) is 4.90. The molecule has 1 aromatic heterocycles. The molecule has 0 atom stereocenters. The predicted molar refractivity (Wildman–Crippen MR) is 79.2 cm³/mol. The summed E-state index contributed by atoms with van der Waals surface area (Å²) in [6, 6.07) is 3.57. The number of aromatic nitrogens is 1. The van der Waals surface area contributed by atoms with Crippen LogP contribution in [0.4, 0.5) is 10.5 Å². The van der Waals surface area contributed by atoms with Crippen molar-refractivity contribution in [2.75, 3.05) is 11.4 Å². The topological polar surface area (TPSA) is 68.5 Å². The smallest absolute Gasteiger partial charge is 0.414 e. The van der Waals surface area contributed by atoms with Crippen LogP contribution in [0, 0.1) is 12.3 Å². The van der Waals surface area contributed by atoms with E-state index in [0.717, 1.165) is 5.69 Å². The lowest BCUT2D eigenvalue weighted by Gasteiger charge is -2.27. The first-order chi connectivity index (χ1) is 9.37. The molecule has 20 heavy (non-hydrogen) atoms. The summed E-state index contributed by atoms with van der Waals surface area (Å²) in [5, 5.41) is 0. The molecule has 0 aromatic carbocycles. The van der Waals surface area contributed by atoms with Crippen LogP contribution in [-0.4, -0.2) is 23.2 Å². The van der Waals surface area contributed by atoms with Crippen LogP contribution in [0.1, 0.15) is 32.9 Å². The number of nitrogens with two attached hydrogens (primary N) is 1. The number of nitrogens with zero attached hydrogens (tertiary/aromatic N) is 2. The van der Waals surface area contributed by atoms with Crippen molar-refractivity contribution in [3.63, 3.8) is 0 Å². The zero-order valence-electron chi connectivity index (χ0n) is 12.2. The molecular weight excluding hydrogens is 254 g/mol. The quantitative estimate of drug-likeness (QED) is 0.856. The number of ether oxygens (including phenoxy) is 1. The number of terminal acetylenes is 1. The van der Waals surface area contributed by atoms with Crippen molar-refractivity contribution in [3.8, 4) is 12.3 Å². The molecule has 2 N–H and O–H groups in total. The van der Waals surface area contributed by atoms with Crippen LogP contribution in [0.2, 0.25) is 0 Å². The predicted octanol–water partition coefficient (Wildman–Crippen LogP) is 2.31. The van der Waals surface area contributed by atoms with Crippen molar-refractivity contribution in [1.82, 2.24) is 4.98 Å². The number of anilines is 1. The Morgan fingerprint density at radius 1 is 1.50 bits per heavy atom. The summed E-state index contributed by atoms with van der Waals surface area (Å²) < 4.78 is 5.37. The van der Waals surface area contributed by atoms with Gasteiger partial charge in [-0.05, 0) is 32.9 Å². The van der Waals surface area contributed by atoms with E-state index in [0.29, 0.717) is 25.2 Å². The second kappa shape index (κ2) is 6.92. The molecule has 0 aliphatic heterocycles. The highest BCUT2D eigenvalue weighted by molar-refractivity contribution is 5.87. The first kappa shape index (κ1) is 16.0. The van der Waals surface area contributed by atoms with Crippen LogP contribution in [0.25, 0.3) is 0 Å². The van der Waals surface area contributed by atoms with Gasteiger partial charge in [0.15, 0.2) is 0 Å². The Morgan fingerprint density at radius 3 is 2.65 bits per heavy atom. The molecule has 5 heteroatoms. The highest BCUT2D eigenvalue weighted by atomic mass is 16.6. The average Bonchev–Trinajstić information content (AvgIpc) is 2.38. The van der Waals surface area contributed by atoms with Crippen LogP contribution >= 0.6 is 0 Å². The van der Waals surface area contributed by atoms with E-state index in [1.165, 1.54) is 4.90 Å². The van der Waals surface area contributed by atoms with Crippen molar-refractivity contribution in [2.45, 2.75) is 39.3 Å². The maximum Gasteiger partial charge on any atom is 0.414 e. The Kier molecular flexibility index (Phi) is 5.53. The normalized spacial score (nSPS) is 10.8. The minimum absolute atomic E-state index is 0.358. The molecule has 0 fully saturated rings. The summed E-state index contributed by atoms with van der Waals surface area (Å²) in [6.07, 6.45) is 6.87. The van der Waals surface area contributed by atoms with Gasteiger partial charge in [-0.25, -0.2) is 4.79 Å². The lowest BCUT2D eigenvalue weighted by atomic mass is 10.2. The van der Waals surface area contributed by atoms with Crippen molar-refractivity contribution >= 4 is 11.8 Å². The van der Waals surface area contributed by atoms with E-state index < -0.39 is 11.7 Å². The third-order valence-corrected chi connectivity index (χ3v) is 2.42. The van der Waals surface area contributed by atoms with E-state index in [2.05, 4.69) is 10.9 Å². The van der Waals surface area contributed by atoms with Gasteiger partial charge in [-0.3, -0.25) is 9.88 Å². The van der Waals surface area contributed by atoms with Crippen molar-refractivity contribution in [2.24, 2.45) is 5.73 Å². The van der Waals surface area contributed by atoms with Gasteiger partial charge in [0, 0.05) is 19.5 Å². The lowest BCUT2D eigenvalue weighted by Crippen LogP contribution is -2.37. The Bertz CT molecular complexity index is 483. The molecule has 0 spiro atoms. The zero-order chi connectivity index (χ0) is 15.2. The molecule has 0 aliphatic carbocycles. The second-order valence-electron chi connectivity index (χ2n) is 5.30. The standard InChI is InChI=1S/C15H21N3O2/c1-5-6-9-18(14(19)20-15(2,3)4)13-8-7-12(10-16)17-11-13/h1,7-8,11H,6,9-10,16H2,2-4H3. The minimum atomic E-state index is -0.559. The molecule has 0 bridgehead atoms. The van der Waals surface area contributed by atoms with Crippen molar-refractivity contribution < 1.29 is 9.53 Å². The number of carbonyl (C=O) groups excluding carboxylic acids is 1. The van der Waals surface area contributed by atoms with Gasteiger partial charge in [0.05, 0.1) is 17.6 Å². The van der Waals surface area contributed by atoms with Gasteiger partial charge in [-0.1, -0.05) is 0 Å². The Morgan fingerprint density at radius 2 is 2.20 bits per heavy atom. The molecule has 0 aliphatic rings. The maximum absolute atomic E-state index is 12.2. The number of rotatable bonds is 4. The molecule has 108 valence electrons. The first-order valence-electron chi connectivity index (χ1n) is 6.46. The summed E-state index contributed by atoms with van der Waals surface area (Å²) in [4.78, 5) is 17.9. The Labute approximate surface area is 120 Å². The van der Waals surface area contributed by atoms with E-state index in [1.54, 1.807) is 18.3 Å². The third-order valence-electron chi connectivity index (χ3n) is 2.42. The fourth-order valence-electron chi connectivity index (χ4n) is 1.52. The SMILES string of the molecule is C#CCCN(C(=O)OC(C)(C)C)c1ccc(CN)nc1. The summed E-state index contributed by atoms with van der Waals surface area (Å²) in [5.74, 6) is 2.52. The molecule has 0 saturated carbocycles. The van der Waals surface area contributed by atoms with Crippen LogP contribution in [-0.2, 0) is 11.3 Å². The minimum Gasteiger partial charge on any atom is -0.443 e. The molecule has 1 heterocycles. The van der Waals surface area contributed by atoms with Gasteiger partial charge in [-0.2, -0.15) is 0 Å². The summed E-state index contributed by atoms with van der Waals surface area (Å²) in [6.45, 7) is 6.20. The molecule has 0 radical (unpaired) electrons. The first-order valence-corrected chi connectivity index (χ1v) is 6.46. The number of pyridine rings is 1. The fraction of sp³-hybridized carbons (Fsp3) is 0.467. The summed E-state index contributed by atoms with van der Waals surface area (Å²) in [5.41, 5.74) is 6.35. The summed E-state index contributed by atoms with van der Waals surface area (Å²) >= 11 is 0. The van der Waals surface area contributed by atoms with Crippen LogP contribution in [0.5, 0.6) is 0 Å². The molecule has 1 rings (SSSR count). The van der Waals surface area contributed by atoms with E-state index in [4.69, 9.17) is 16.9 Å². The largest absolute Gasteiger partial charge is 0.443 e. The molecular formula is C15H21N3O2. The Balaban J connectivity index is 2.92. The highest BCUT2D eigenvalue weighted by Gasteiger charge is 2.23. The van der Waals surface area contributed by atoms with Crippen molar-refractivity contribution in [3.05, 3.63) is 24.0 Å². The van der Waals surface area contributed by atoms with Gasteiger partial charge in [0.1, 0.15) is 5.60 Å². The van der Waals surface area contributed by atoms with Gasteiger partial charge >= 0.3 is 6.09 Å². The highest BCUT2D eigenvalue weighted by Crippen LogP contribution is 2.18. The van der Waals surface area contributed by atoms with Gasteiger partial charge in [0.25, 0.3) is 0 Å². The average molecular weight is 275 g/mol. The maximum atomic E-state index is 12.2. The molecule has 0 saturated heterocycles. The number of hydrogen-bond acceptors (Lipinski definition) is 4. The van der Waals surface area contributed by atoms with Gasteiger partial charge < -0.3 is 10.5 Å². The van der Waals surface area contributed by atoms with E-state index in [1.807, 2.05) is 20.8 Å². The van der Waals surface area contributed by atoms with Gasteiger partial charge in [-0.15, -0.1) is 12.3 Å². The second-order valence-corrected chi connectivity index (χ2v) is 5.30. The van der Waals surface area contributed by atoms with Crippen LogP contribution in [0.15, 0.2) is 18.3 Å². The molecule has 0 unspecified atom stereocenters. The number of amides is 1. The zero-order valence-corrected chi connectivity index (χ0v) is 12.2. The van der Waals surface area contributed by atoms with Crippen LogP contribution < -0.4 is 10.6 Å². The van der Waals surface area contributed by atoms with Crippen LogP contribution in [0.3, 0.4) is 0 Å². The van der Waals surface area contributed by atoms with E-state index in [-0.39, 0.29) is 0 Å². The Hall–Kier alpha value is -2.06. The number of carbonyl (C=O) groups is 1. The van der Waals surface area contributed by atoms with Gasteiger partial charge in [0.2, 0.25) is 0 Å². The molecule has 1 amide bonds. The lowest BCUT2D eigenvalue weighted by molar-refractivity contribution is 0.0581. The monoisotopic (exact) mass is 275 g/mol. The summed E-state index contributed by atoms with van der Waals surface area (Å²) in [7, 11) is 0. The number of hydrogen-bond donors (Lipinski definition) is 1. The van der Waals surface area contributed by atoms with E-state index >= 15 is 0 Å².